The molecular formula is C26H28N2O5. The molecule has 0 bridgehead atoms. The summed E-state index contributed by atoms with van der Waals surface area (Å²) in [5.41, 5.74) is 2.83. The molecule has 0 aliphatic rings. The zero-order chi connectivity index (χ0) is 23.8. The van der Waals surface area contributed by atoms with Gasteiger partial charge in [0.05, 0.1) is 14.2 Å². The lowest BCUT2D eigenvalue weighted by molar-refractivity contribution is -0.119. The van der Waals surface area contributed by atoms with Crippen molar-refractivity contribution >= 4 is 28.9 Å². The molecule has 3 aromatic rings. The van der Waals surface area contributed by atoms with Crippen LogP contribution in [0.15, 0.2) is 72.8 Å². The molecule has 0 radical (unpaired) electrons. The largest absolute Gasteiger partial charge is 0.496 e. The highest BCUT2D eigenvalue weighted by Gasteiger charge is 2.21. The fraction of sp³-hybridized carbons (Fsp3) is 0.231. The maximum Gasteiger partial charge on any atom is 0.346 e. The minimum Gasteiger partial charge on any atom is -0.496 e. The molecule has 1 amide bonds. The van der Waals surface area contributed by atoms with Crippen LogP contribution in [0.3, 0.4) is 0 Å². The van der Waals surface area contributed by atoms with E-state index in [0.717, 1.165) is 11.4 Å². The summed E-state index contributed by atoms with van der Waals surface area (Å²) >= 11 is 0. The molecule has 0 unspecified atom stereocenters. The molecule has 7 nitrogen and oxygen atoms in total. The van der Waals surface area contributed by atoms with Gasteiger partial charge in [0.2, 0.25) is 0 Å². The molecular weight excluding hydrogens is 420 g/mol. The Labute approximate surface area is 193 Å². The molecule has 33 heavy (non-hydrogen) atoms. The molecule has 3 aromatic carbocycles. The normalized spacial score (nSPS) is 10.5. The van der Waals surface area contributed by atoms with Crippen molar-refractivity contribution in [2.45, 2.75) is 19.9 Å². The van der Waals surface area contributed by atoms with Crippen LogP contribution in [0.5, 0.6) is 11.5 Å². The molecule has 0 atom stereocenters. The van der Waals surface area contributed by atoms with Gasteiger partial charge in [-0.05, 0) is 62.4 Å². The number of amides is 1. The van der Waals surface area contributed by atoms with E-state index >= 15 is 0 Å². The highest BCUT2D eigenvalue weighted by Crippen LogP contribution is 2.30. The summed E-state index contributed by atoms with van der Waals surface area (Å²) in [4.78, 5) is 27.1. The van der Waals surface area contributed by atoms with E-state index in [2.05, 4.69) is 36.2 Å². The minimum atomic E-state index is -0.703. The Morgan fingerprint density at radius 2 is 1.39 bits per heavy atom. The van der Waals surface area contributed by atoms with Gasteiger partial charge in [0.15, 0.2) is 6.61 Å². The van der Waals surface area contributed by atoms with Crippen molar-refractivity contribution in [3.63, 3.8) is 0 Å². The molecule has 0 spiro atoms. The van der Waals surface area contributed by atoms with Gasteiger partial charge in [0, 0.05) is 23.1 Å². The van der Waals surface area contributed by atoms with E-state index in [9.17, 15) is 9.59 Å². The molecule has 3 rings (SSSR count). The standard InChI is InChI=1S/C26H28N2O5/c1-18(2)28(20-9-6-5-7-10-20)21-15-13-19(14-16-21)27-24(29)17-33-26(30)25-22(31-3)11-8-12-23(25)32-4/h5-16,18H,17H2,1-4H3,(H,27,29). The summed E-state index contributed by atoms with van der Waals surface area (Å²) in [5.74, 6) is -0.536. The van der Waals surface area contributed by atoms with E-state index < -0.39 is 18.5 Å². The molecule has 0 saturated carbocycles. The fourth-order valence-corrected chi connectivity index (χ4v) is 3.49. The average molecular weight is 449 g/mol. The van der Waals surface area contributed by atoms with Gasteiger partial charge in [-0.3, -0.25) is 4.79 Å². The molecule has 7 heteroatoms. The Kier molecular flexibility index (Phi) is 7.91. The summed E-state index contributed by atoms with van der Waals surface area (Å²) in [6.45, 7) is 3.80. The summed E-state index contributed by atoms with van der Waals surface area (Å²) in [6, 6.07) is 22.8. The molecule has 0 fully saturated rings. The Hall–Kier alpha value is -4.00. The molecule has 0 aliphatic carbocycles. The zero-order valence-electron chi connectivity index (χ0n) is 19.2. The Morgan fingerprint density at radius 3 is 1.94 bits per heavy atom. The second-order valence-electron chi connectivity index (χ2n) is 7.51. The van der Waals surface area contributed by atoms with E-state index in [-0.39, 0.29) is 11.6 Å². The number of nitrogens with zero attached hydrogens (tertiary/aromatic N) is 1. The van der Waals surface area contributed by atoms with Gasteiger partial charge in [-0.1, -0.05) is 24.3 Å². The number of nitrogens with one attached hydrogen (secondary N) is 1. The third kappa shape index (κ3) is 5.83. The highest BCUT2D eigenvalue weighted by atomic mass is 16.5. The first kappa shape index (κ1) is 23.7. The van der Waals surface area contributed by atoms with Crippen LogP contribution in [-0.4, -0.2) is 38.7 Å². The lowest BCUT2D eigenvalue weighted by atomic mass is 10.1. The summed E-state index contributed by atoms with van der Waals surface area (Å²) in [7, 11) is 2.89. The number of esters is 1. The van der Waals surface area contributed by atoms with Crippen LogP contribution < -0.4 is 19.7 Å². The molecule has 172 valence electrons. The fourth-order valence-electron chi connectivity index (χ4n) is 3.49. The zero-order valence-corrected chi connectivity index (χ0v) is 19.2. The quantitative estimate of drug-likeness (QED) is 0.462. The van der Waals surface area contributed by atoms with Crippen molar-refractivity contribution in [3.8, 4) is 11.5 Å². The van der Waals surface area contributed by atoms with Gasteiger partial charge in [0.25, 0.3) is 5.91 Å². The topological polar surface area (TPSA) is 77.1 Å². The molecule has 0 heterocycles. The van der Waals surface area contributed by atoms with Crippen molar-refractivity contribution in [1.29, 1.82) is 0 Å². The van der Waals surface area contributed by atoms with Crippen LogP contribution in [-0.2, 0) is 9.53 Å². The first-order valence-corrected chi connectivity index (χ1v) is 10.6. The van der Waals surface area contributed by atoms with Crippen LogP contribution in [0.4, 0.5) is 17.1 Å². The van der Waals surface area contributed by atoms with Crippen LogP contribution in [0, 0.1) is 0 Å². The number of benzene rings is 3. The first-order valence-electron chi connectivity index (χ1n) is 10.6. The lowest BCUT2D eigenvalue weighted by Gasteiger charge is -2.29. The van der Waals surface area contributed by atoms with E-state index in [1.807, 2.05) is 42.5 Å². The second-order valence-corrected chi connectivity index (χ2v) is 7.51. The molecule has 1 N–H and O–H groups in total. The van der Waals surface area contributed by atoms with Gasteiger partial charge < -0.3 is 24.4 Å². The van der Waals surface area contributed by atoms with Crippen molar-refractivity contribution in [1.82, 2.24) is 0 Å². The second kappa shape index (κ2) is 11.0. The monoisotopic (exact) mass is 448 g/mol. The number of carbonyl (C=O) groups excluding carboxylic acids is 2. The minimum absolute atomic E-state index is 0.134. The Bertz CT molecular complexity index is 1060. The number of hydrogen-bond acceptors (Lipinski definition) is 6. The first-order chi connectivity index (χ1) is 15.9. The van der Waals surface area contributed by atoms with E-state index in [0.29, 0.717) is 17.2 Å². The Morgan fingerprint density at radius 1 is 0.818 bits per heavy atom. The Balaban J connectivity index is 1.63. The third-order valence-corrected chi connectivity index (χ3v) is 4.95. The number of methoxy groups -OCH3 is 2. The van der Waals surface area contributed by atoms with Gasteiger partial charge in [0.1, 0.15) is 17.1 Å². The van der Waals surface area contributed by atoms with Crippen LogP contribution in [0.25, 0.3) is 0 Å². The van der Waals surface area contributed by atoms with Crippen LogP contribution >= 0.6 is 0 Å². The van der Waals surface area contributed by atoms with E-state index in [4.69, 9.17) is 14.2 Å². The van der Waals surface area contributed by atoms with Crippen molar-refractivity contribution in [2.75, 3.05) is 31.0 Å². The predicted molar refractivity (Wildman–Crippen MR) is 129 cm³/mol. The molecule has 0 saturated heterocycles. The third-order valence-electron chi connectivity index (χ3n) is 4.95. The summed E-state index contributed by atoms with van der Waals surface area (Å²) in [6.07, 6.45) is 0. The number of hydrogen-bond donors (Lipinski definition) is 1. The van der Waals surface area contributed by atoms with E-state index in [1.165, 1.54) is 14.2 Å². The van der Waals surface area contributed by atoms with Crippen molar-refractivity contribution < 1.29 is 23.8 Å². The molecule has 0 aromatic heterocycles. The maximum atomic E-state index is 12.5. The SMILES string of the molecule is COc1cccc(OC)c1C(=O)OCC(=O)Nc1ccc(N(c2ccccc2)C(C)C)cc1. The summed E-state index contributed by atoms with van der Waals surface area (Å²) < 4.78 is 15.6. The predicted octanol–water partition coefficient (Wildman–Crippen LogP) is 5.05. The highest BCUT2D eigenvalue weighted by molar-refractivity contribution is 5.98. The van der Waals surface area contributed by atoms with Crippen molar-refractivity contribution in [3.05, 3.63) is 78.4 Å². The van der Waals surface area contributed by atoms with Gasteiger partial charge in [-0.15, -0.1) is 0 Å². The number of carbonyl (C=O) groups is 2. The average Bonchev–Trinajstić information content (AvgIpc) is 2.83. The number of rotatable bonds is 9. The maximum absolute atomic E-state index is 12.5. The number of para-hydroxylation sites is 1. The number of ether oxygens (including phenoxy) is 3. The van der Waals surface area contributed by atoms with Gasteiger partial charge in [-0.25, -0.2) is 4.79 Å². The van der Waals surface area contributed by atoms with Crippen LogP contribution in [0.2, 0.25) is 0 Å². The molecule has 0 aliphatic heterocycles. The van der Waals surface area contributed by atoms with Gasteiger partial charge in [-0.2, -0.15) is 0 Å². The smallest absolute Gasteiger partial charge is 0.346 e. The lowest BCUT2D eigenvalue weighted by Crippen LogP contribution is -2.25. The van der Waals surface area contributed by atoms with E-state index in [1.54, 1.807) is 18.2 Å². The van der Waals surface area contributed by atoms with Crippen LogP contribution in [0.1, 0.15) is 24.2 Å². The van der Waals surface area contributed by atoms with Crippen molar-refractivity contribution in [2.24, 2.45) is 0 Å². The van der Waals surface area contributed by atoms with Gasteiger partial charge >= 0.3 is 5.97 Å². The summed E-state index contributed by atoms with van der Waals surface area (Å²) in [5, 5.41) is 2.74. The number of anilines is 3.